The zero-order valence-electron chi connectivity index (χ0n) is 20.1. The molecule has 0 aliphatic carbocycles. The van der Waals surface area contributed by atoms with Crippen LogP contribution in [0.3, 0.4) is 0 Å². The molecule has 8 nitrogen and oxygen atoms in total. The number of imide groups is 1. The Morgan fingerprint density at radius 3 is 2.64 bits per heavy atom. The molecule has 3 heterocycles. The second kappa shape index (κ2) is 10.6. The number of aromatic nitrogens is 1. The van der Waals surface area contributed by atoms with Gasteiger partial charge in [0.15, 0.2) is 0 Å². The molecule has 9 heteroatoms. The molecule has 0 spiro atoms. The number of fused-ring (bicyclic) bond motifs is 1. The van der Waals surface area contributed by atoms with Crippen molar-refractivity contribution in [3.8, 4) is 0 Å². The van der Waals surface area contributed by atoms with Gasteiger partial charge in [-0.15, -0.1) is 0 Å². The van der Waals surface area contributed by atoms with Gasteiger partial charge < -0.3 is 19.5 Å². The Kier molecular flexibility index (Phi) is 7.11. The zero-order chi connectivity index (χ0) is 25.1. The van der Waals surface area contributed by atoms with Crippen molar-refractivity contribution in [2.75, 3.05) is 43.1 Å². The summed E-state index contributed by atoms with van der Waals surface area (Å²) in [5, 5.41) is 3.46. The lowest BCUT2D eigenvalue weighted by Gasteiger charge is -2.30. The lowest BCUT2D eigenvalue weighted by atomic mass is 10.1. The van der Waals surface area contributed by atoms with Gasteiger partial charge >= 0.3 is 0 Å². The van der Waals surface area contributed by atoms with E-state index < -0.39 is 17.1 Å². The summed E-state index contributed by atoms with van der Waals surface area (Å²) in [4.78, 5) is 42.1. The van der Waals surface area contributed by atoms with Crippen LogP contribution in [0.15, 0.2) is 59.6 Å². The SMILES string of the molecule is CCCn1cc(/C=C2\SC(=O)N(CC(=O)Nc3ccccc3N3CCOCC3)C2=O)c2ccccc21. The minimum atomic E-state index is -0.450. The second-order valence-corrected chi connectivity index (χ2v) is 9.72. The van der Waals surface area contributed by atoms with Crippen molar-refractivity contribution >= 4 is 57.2 Å². The molecular weight excluding hydrogens is 476 g/mol. The number of nitrogens with one attached hydrogen (secondary N) is 1. The predicted octanol–water partition coefficient (Wildman–Crippen LogP) is 4.56. The van der Waals surface area contributed by atoms with E-state index in [0.717, 1.165) is 64.9 Å². The van der Waals surface area contributed by atoms with E-state index in [4.69, 9.17) is 4.74 Å². The van der Waals surface area contributed by atoms with Crippen LogP contribution in [-0.2, 0) is 20.9 Å². The Morgan fingerprint density at radius 1 is 1.08 bits per heavy atom. The fraction of sp³-hybridized carbons (Fsp3) is 0.296. The number of benzene rings is 2. The van der Waals surface area contributed by atoms with E-state index in [1.807, 2.05) is 54.7 Å². The highest BCUT2D eigenvalue weighted by Crippen LogP contribution is 2.34. The van der Waals surface area contributed by atoms with Crippen LogP contribution >= 0.6 is 11.8 Å². The molecule has 3 aromatic rings. The third kappa shape index (κ3) is 4.89. The third-order valence-electron chi connectivity index (χ3n) is 6.28. The summed E-state index contributed by atoms with van der Waals surface area (Å²) in [7, 11) is 0. The van der Waals surface area contributed by atoms with Gasteiger partial charge in [-0.1, -0.05) is 37.3 Å². The van der Waals surface area contributed by atoms with E-state index in [-0.39, 0.29) is 6.54 Å². The van der Waals surface area contributed by atoms with E-state index in [9.17, 15) is 14.4 Å². The van der Waals surface area contributed by atoms with E-state index in [1.165, 1.54) is 0 Å². The van der Waals surface area contributed by atoms with Crippen molar-refractivity contribution in [2.45, 2.75) is 19.9 Å². The maximum Gasteiger partial charge on any atom is 0.294 e. The van der Waals surface area contributed by atoms with Crippen LogP contribution in [0.1, 0.15) is 18.9 Å². The number of hydrogen-bond acceptors (Lipinski definition) is 6. The van der Waals surface area contributed by atoms with Crippen LogP contribution in [0, 0.1) is 0 Å². The summed E-state index contributed by atoms with van der Waals surface area (Å²) in [5.74, 6) is -0.868. The molecule has 1 aromatic heterocycles. The number of ether oxygens (including phenoxy) is 1. The van der Waals surface area contributed by atoms with Crippen LogP contribution in [0.5, 0.6) is 0 Å². The average Bonchev–Trinajstić information content (AvgIpc) is 3.37. The molecule has 2 saturated heterocycles. The molecule has 2 aliphatic heterocycles. The van der Waals surface area contributed by atoms with E-state index in [0.29, 0.717) is 23.8 Å². The Balaban J connectivity index is 1.32. The van der Waals surface area contributed by atoms with Gasteiger partial charge in [-0.2, -0.15) is 0 Å². The molecule has 3 amide bonds. The molecule has 2 aromatic carbocycles. The first kappa shape index (κ1) is 24.1. The minimum Gasteiger partial charge on any atom is -0.378 e. The molecule has 5 rings (SSSR count). The van der Waals surface area contributed by atoms with Crippen LogP contribution in [0.25, 0.3) is 17.0 Å². The van der Waals surface area contributed by atoms with Gasteiger partial charge in [0.1, 0.15) is 6.54 Å². The zero-order valence-corrected chi connectivity index (χ0v) is 20.9. The number of para-hydroxylation sites is 3. The molecule has 2 aliphatic rings. The van der Waals surface area contributed by atoms with Crippen molar-refractivity contribution in [1.82, 2.24) is 9.47 Å². The Labute approximate surface area is 213 Å². The van der Waals surface area contributed by atoms with E-state index in [1.54, 1.807) is 6.08 Å². The fourth-order valence-corrected chi connectivity index (χ4v) is 5.42. The monoisotopic (exact) mass is 504 g/mol. The number of anilines is 2. The maximum atomic E-state index is 13.1. The number of aryl methyl sites for hydroxylation is 1. The molecule has 1 N–H and O–H groups in total. The standard InChI is InChI=1S/C27H28N4O4S/c1-2-11-30-17-19(20-7-3-5-9-22(20)30)16-24-26(33)31(27(34)36-24)18-25(32)28-21-8-4-6-10-23(21)29-12-14-35-15-13-29/h3-10,16-17H,2,11-15,18H2,1H3,(H,28,32)/b24-16-. The molecule has 0 radical (unpaired) electrons. The molecule has 0 bridgehead atoms. The predicted molar refractivity (Wildman–Crippen MR) is 143 cm³/mol. The molecule has 186 valence electrons. The van der Waals surface area contributed by atoms with Crippen LogP contribution in [-0.4, -0.2) is 59.4 Å². The number of carbonyl (C=O) groups excluding carboxylic acids is 3. The van der Waals surface area contributed by atoms with Crippen molar-refractivity contribution in [3.05, 3.63) is 65.2 Å². The Bertz CT molecular complexity index is 1340. The molecule has 2 fully saturated rings. The fourth-order valence-electron chi connectivity index (χ4n) is 4.59. The molecule has 0 unspecified atom stereocenters. The number of rotatable bonds is 7. The summed E-state index contributed by atoms with van der Waals surface area (Å²) in [6.07, 6.45) is 4.75. The number of amides is 3. The minimum absolute atomic E-state index is 0.320. The van der Waals surface area contributed by atoms with Gasteiger partial charge in [0.05, 0.1) is 29.5 Å². The lowest BCUT2D eigenvalue weighted by Crippen LogP contribution is -2.38. The molecule has 0 atom stereocenters. The second-order valence-electron chi connectivity index (χ2n) is 8.73. The Morgan fingerprint density at radius 2 is 1.83 bits per heavy atom. The van der Waals surface area contributed by atoms with Gasteiger partial charge in [-0.25, -0.2) is 0 Å². The van der Waals surface area contributed by atoms with Gasteiger partial charge in [-0.3, -0.25) is 19.3 Å². The molecule has 36 heavy (non-hydrogen) atoms. The van der Waals surface area contributed by atoms with Crippen LogP contribution < -0.4 is 10.2 Å². The van der Waals surface area contributed by atoms with Gasteiger partial charge in [0, 0.05) is 42.3 Å². The number of nitrogens with zero attached hydrogens (tertiary/aromatic N) is 3. The van der Waals surface area contributed by atoms with E-state index >= 15 is 0 Å². The lowest BCUT2D eigenvalue weighted by molar-refractivity contribution is -0.127. The first-order chi connectivity index (χ1) is 17.5. The van der Waals surface area contributed by atoms with Crippen molar-refractivity contribution < 1.29 is 19.1 Å². The summed E-state index contributed by atoms with van der Waals surface area (Å²) >= 11 is 0.869. The van der Waals surface area contributed by atoms with Crippen molar-refractivity contribution in [2.24, 2.45) is 0 Å². The van der Waals surface area contributed by atoms with Gasteiger partial charge in [-0.05, 0) is 42.5 Å². The average molecular weight is 505 g/mol. The summed E-state index contributed by atoms with van der Waals surface area (Å²) in [5.41, 5.74) is 3.51. The largest absolute Gasteiger partial charge is 0.378 e. The number of hydrogen-bond donors (Lipinski definition) is 1. The number of morpholine rings is 1. The van der Waals surface area contributed by atoms with Crippen molar-refractivity contribution in [3.63, 3.8) is 0 Å². The smallest absolute Gasteiger partial charge is 0.294 e. The Hall–Kier alpha value is -3.56. The normalized spacial score (nSPS) is 17.4. The molecule has 0 saturated carbocycles. The quantitative estimate of drug-likeness (QED) is 0.475. The first-order valence-electron chi connectivity index (χ1n) is 12.1. The van der Waals surface area contributed by atoms with Gasteiger partial charge in [0.25, 0.3) is 11.1 Å². The molecular formula is C27H28N4O4S. The highest BCUT2D eigenvalue weighted by molar-refractivity contribution is 8.18. The maximum absolute atomic E-state index is 13.1. The topological polar surface area (TPSA) is 83.9 Å². The van der Waals surface area contributed by atoms with Crippen LogP contribution in [0.2, 0.25) is 0 Å². The highest BCUT2D eigenvalue weighted by atomic mass is 32.2. The van der Waals surface area contributed by atoms with E-state index in [2.05, 4.69) is 21.7 Å². The summed E-state index contributed by atoms with van der Waals surface area (Å²) in [6, 6.07) is 15.5. The third-order valence-corrected chi connectivity index (χ3v) is 7.18. The van der Waals surface area contributed by atoms with Gasteiger partial charge in [0.2, 0.25) is 5.91 Å². The number of carbonyl (C=O) groups is 3. The summed E-state index contributed by atoms with van der Waals surface area (Å²) < 4.78 is 7.58. The highest BCUT2D eigenvalue weighted by Gasteiger charge is 2.36. The van der Waals surface area contributed by atoms with Crippen LogP contribution in [0.4, 0.5) is 16.2 Å². The summed E-state index contributed by atoms with van der Waals surface area (Å²) in [6.45, 7) is 5.36. The number of thioether (sulfide) groups is 1. The first-order valence-corrected chi connectivity index (χ1v) is 12.9. The van der Waals surface area contributed by atoms with Crippen molar-refractivity contribution in [1.29, 1.82) is 0 Å².